The number of carbonyl (C=O) groups is 2. The van der Waals surface area contributed by atoms with Gasteiger partial charge in [0.2, 0.25) is 0 Å². The molecule has 0 radical (unpaired) electrons. The second-order valence-corrected chi connectivity index (χ2v) is 11.8. The van der Waals surface area contributed by atoms with Gasteiger partial charge in [-0.3, -0.25) is 14.5 Å². The number of nitrogens with two attached hydrogens (primary N) is 1. The molecule has 3 aromatic rings. The van der Waals surface area contributed by atoms with E-state index < -0.39 is 11.8 Å². The summed E-state index contributed by atoms with van der Waals surface area (Å²) in [6.45, 7) is 4.64. The standard InChI is InChI=1S/C27H31Cl3N6O2S/c1-4-18-23(31)20(29)11-19(26(37)33-21-6-5-16(28)12-32-21)24(18)34-27(38)25-22(30)15(14-39-25)13-36(3)17-7-9-35(2)10-8-17/h5-6,11-12,14,17H,4,7-10,13,31H2,1-3H3,(H,34,38)(H,32,33,37). The van der Waals surface area contributed by atoms with Crippen LogP contribution in [0.4, 0.5) is 17.2 Å². The quantitative estimate of drug-likeness (QED) is 0.260. The summed E-state index contributed by atoms with van der Waals surface area (Å²) < 4.78 is 0. The maximum Gasteiger partial charge on any atom is 0.267 e. The largest absolute Gasteiger partial charge is 0.397 e. The van der Waals surface area contributed by atoms with Crippen molar-refractivity contribution in [2.75, 3.05) is 43.6 Å². The van der Waals surface area contributed by atoms with Crippen LogP contribution in [0.1, 0.15) is 50.9 Å². The van der Waals surface area contributed by atoms with Crippen molar-refractivity contribution in [3.63, 3.8) is 0 Å². The Morgan fingerprint density at radius 1 is 1.18 bits per heavy atom. The molecule has 39 heavy (non-hydrogen) atoms. The predicted octanol–water partition coefficient (Wildman–Crippen LogP) is 6.28. The molecule has 0 unspecified atom stereocenters. The Bertz CT molecular complexity index is 1360. The summed E-state index contributed by atoms with van der Waals surface area (Å²) in [6, 6.07) is 5.10. The van der Waals surface area contributed by atoms with E-state index in [9.17, 15) is 9.59 Å². The summed E-state index contributed by atoms with van der Waals surface area (Å²) in [5.41, 5.74) is 8.43. The number of amides is 2. The summed E-state index contributed by atoms with van der Waals surface area (Å²) >= 11 is 20.3. The molecule has 4 rings (SSSR count). The molecule has 12 heteroatoms. The van der Waals surface area contributed by atoms with Gasteiger partial charge in [-0.15, -0.1) is 11.3 Å². The number of piperidine rings is 1. The van der Waals surface area contributed by atoms with Crippen molar-refractivity contribution in [3.05, 3.63) is 66.4 Å². The Kier molecular flexibility index (Phi) is 9.74. The van der Waals surface area contributed by atoms with Crippen molar-refractivity contribution in [2.24, 2.45) is 0 Å². The van der Waals surface area contributed by atoms with Crippen LogP contribution in [0.5, 0.6) is 0 Å². The molecule has 4 N–H and O–H groups in total. The van der Waals surface area contributed by atoms with Gasteiger partial charge in [0.15, 0.2) is 0 Å². The first kappa shape index (κ1) is 29.6. The van der Waals surface area contributed by atoms with Crippen LogP contribution in [0, 0.1) is 0 Å². The molecule has 0 bridgehead atoms. The Morgan fingerprint density at radius 3 is 2.54 bits per heavy atom. The number of nitrogens with zero attached hydrogens (tertiary/aromatic N) is 3. The van der Waals surface area contributed by atoms with Crippen molar-refractivity contribution >= 4 is 75.1 Å². The van der Waals surface area contributed by atoms with E-state index in [2.05, 4.69) is 39.5 Å². The van der Waals surface area contributed by atoms with Gasteiger partial charge < -0.3 is 21.3 Å². The maximum absolute atomic E-state index is 13.5. The van der Waals surface area contributed by atoms with Crippen LogP contribution in [0.25, 0.3) is 0 Å². The summed E-state index contributed by atoms with van der Waals surface area (Å²) in [6.07, 6.45) is 4.05. The summed E-state index contributed by atoms with van der Waals surface area (Å²) in [4.78, 5) is 35.8. The second-order valence-electron chi connectivity index (χ2n) is 9.65. The molecule has 0 atom stereocenters. The molecule has 0 saturated carbocycles. The third-order valence-electron chi connectivity index (χ3n) is 6.97. The van der Waals surface area contributed by atoms with E-state index in [4.69, 9.17) is 40.5 Å². The number of pyridine rings is 1. The Balaban J connectivity index is 1.57. The molecule has 3 heterocycles. The monoisotopic (exact) mass is 608 g/mol. The van der Waals surface area contributed by atoms with Gasteiger partial charge in [-0.2, -0.15) is 0 Å². The fourth-order valence-corrected chi connectivity index (χ4v) is 6.26. The van der Waals surface area contributed by atoms with Gasteiger partial charge in [-0.1, -0.05) is 41.7 Å². The molecular formula is C27H31Cl3N6O2S. The zero-order chi connectivity index (χ0) is 28.3. The van der Waals surface area contributed by atoms with Gasteiger partial charge in [0.05, 0.1) is 32.0 Å². The molecule has 0 spiro atoms. The van der Waals surface area contributed by atoms with E-state index in [1.807, 2.05) is 12.3 Å². The Morgan fingerprint density at radius 2 is 1.90 bits per heavy atom. The molecule has 1 aliphatic rings. The summed E-state index contributed by atoms with van der Waals surface area (Å²) in [5.74, 6) is -0.630. The van der Waals surface area contributed by atoms with E-state index in [0.717, 1.165) is 31.5 Å². The van der Waals surface area contributed by atoms with Crippen LogP contribution in [-0.4, -0.2) is 59.8 Å². The van der Waals surface area contributed by atoms with Gasteiger partial charge in [-0.05, 0) is 75.6 Å². The molecule has 1 aliphatic heterocycles. The summed E-state index contributed by atoms with van der Waals surface area (Å²) in [7, 11) is 4.23. The van der Waals surface area contributed by atoms with Gasteiger partial charge in [-0.25, -0.2) is 4.98 Å². The van der Waals surface area contributed by atoms with Gasteiger partial charge in [0.25, 0.3) is 11.8 Å². The van der Waals surface area contributed by atoms with E-state index in [1.54, 1.807) is 12.1 Å². The number of benzene rings is 1. The molecule has 0 aliphatic carbocycles. The number of rotatable bonds is 8. The van der Waals surface area contributed by atoms with Gasteiger partial charge in [0.1, 0.15) is 10.7 Å². The highest BCUT2D eigenvalue weighted by Gasteiger charge is 2.26. The lowest BCUT2D eigenvalue weighted by Crippen LogP contribution is -2.41. The number of halogens is 3. The number of hydrogen-bond acceptors (Lipinski definition) is 7. The van der Waals surface area contributed by atoms with Crippen molar-refractivity contribution in [1.29, 1.82) is 0 Å². The number of hydrogen-bond donors (Lipinski definition) is 3. The minimum Gasteiger partial charge on any atom is -0.397 e. The number of likely N-dealkylation sites (tertiary alicyclic amines) is 1. The average Bonchev–Trinajstić information content (AvgIpc) is 3.27. The zero-order valence-electron chi connectivity index (χ0n) is 22.0. The van der Waals surface area contributed by atoms with E-state index in [1.165, 1.54) is 23.6 Å². The first-order valence-electron chi connectivity index (χ1n) is 12.6. The highest BCUT2D eigenvalue weighted by atomic mass is 35.5. The van der Waals surface area contributed by atoms with E-state index in [0.29, 0.717) is 51.0 Å². The molecule has 1 fully saturated rings. The second kappa shape index (κ2) is 12.8. The number of nitrogens with one attached hydrogen (secondary N) is 2. The fourth-order valence-electron chi connectivity index (χ4n) is 4.68. The number of nitrogen functional groups attached to an aromatic ring is 1. The molecule has 1 saturated heterocycles. The lowest BCUT2D eigenvalue weighted by Gasteiger charge is -2.35. The lowest BCUT2D eigenvalue weighted by atomic mass is 10.0. The molecule has 8 nitrogen and oxygen atoms in total. The van der Waals surface area contributed by atoms with Crippen molar-refractivity contribution in [3.8, 4) is 0 Å². The number of carbonyl (C=O) groups excluding carboxylic acids is 2. The molecule has 2 aromatic heterocycles. The van der Waals surface area contributed by atoms with Crippen LogP contribution in [0.15, 0.2) is 29.8 Å². The smallest absolute Gasteiger partial charge is 0.267 e. The Labute approximate surface area is 247 Å². The molecular weight excluding hydrogens is 579 g/mol. The van der Waals surface area contributed by atoms with Crippen molar-refractivity contribution in [2.45, 2.75) is 38.8 Å². The van der Waals surface area contributed by atoms with Gasteiger partial charge in [0, 0.05) is 24.3 Å². The minimum absolute atomic E-state index is 0.158. The average molecular weight is 610 g/mol. The van der Waals surface area contributed by atoms with Crippen LogP contribution in [-0.2, 0) is 13.0 Å². The predicted molar refractivity (Wildman–Crippen MR) is 162 cm³/mol. The topological polar surface area (TPSA) is 104 Å². The van der Waals surface area contributed by atoms with E-state index in [-0.39, 0.29) is 16.3 Å². The highest BCUT2D eigenvalue weighted by Crippen LogP contribution is 2.36. The number of thiophene rings is 1. The maximum atomic E-state index is 13.5. The van der Waals surface area contributed by atoms with E-state index >= 15 is 0 Å². The van der Waals surface area contributed by atoms with Crippen LogP contribution in [0.3, 0.4) is 0 Å². The SMILES string of the molecule is CCc1c(N)c(Cl)cc(C(=O)Nc2ccc(Cl)cn2)c1NC(=O)c1scc(CN(C)C2CCN(C)CC2)c1Cl. The van der Waals surface area contributed by atoms with Gasteiger partial charge >= 0.3 is 0 Å². The third kappa shape index (κ3) is 6.85. The van der Waals surface area contributed by atoms with Crippen LogP contribution < -0.4 is 16.4 Å². The normalized spacial score (nSPS) is 14.5. The Hall–Kier alpha value is -2.40. The first-order chi connectivity index (χ1) is 18.6. The van der Waals surface area contributed by atoms with Crippen molar-refractivity contribution < 1.29 is 9.59 Å². The lowest BCUT2D eigenvalue weighted by molar-refractivity contribution is 0.102. The molecule has 2 amide bonds. The number of aromatic nitrogens is 1. The molecule has 208 valence electrons. The zero-order valence-corrected chi connectivity index (χ0v) is 25.1. The highest BCUT2D eigenvalue weighted by molar-refractivity contribution is 7.13. The van der Waals surface area contributed by atoms with Crippen LogP contribution in [0.2, 0.25) is 15.1 Å². The first-order valence-corrected chi connectivity index (χ1v) is 14.6. The number of anilines is 3. The van der Waals surface area contributed by atoms with Crippen molar-refractivity contribution in [1.82, 2.24) is 14.8 Å². The third-order valence-corrected chi connectivity index (χ3v) is 9.08. The fraction of sp³-hybridized carbons (Fsp3) is 0.370. The summed E-state index contributed by atoms with van der Waals surface area (Å²) in [5, 5.41) is 8.59. The minimum atomic E-state index is -0.505. The molecule has 1 aromatic carbocycles. The van der Waals surface area contributed by atoms with Crippen LogP contribution >= 0.6 is 46.1 Å².